The zero-order chi connectivity index (χ0) is 40.0. The van der Waals surface area contributed by atoms with E-state index in [9.17, 15) is 0 Å². The second-order valence-electron chi connectivity index (χ2n) is 17.3. The summed E-state index contributed by atoms with van der Waals surface area (Å²) in [6.07, 6.45) is 0. The minimum Gasteiger partial charge on any atom is -0.204 e. The summed E-state index contributed by atoms with van der Waals surface area (Å²) >= 11 is 0. The van der Waals surface area contributed by atoms with Crippen LogP contribution < -0.4 is 0 Å². The second kappa shape index (κ2) is 10.9. The van der Waals surface area contributed by atoms with Crippen LogP contribution in [0.1, 0.15) is 5.56 Å². The molecule has 0 radical (unpaired) electrons. The highest BCUT2D eigenvalue weighted by Gasteiger charge is 2.37. The zero-order valence-electron chi connectivity index (χ0n) is 32.8. The van der Waals surface area contributed by atoms with E-state index in [0.29, 0.717) is 0 Å². The first-order valence-corrected chi connectivity index (χ1v) is 21.1. The van der Waals surface area contributed by atoms with Crippen molar-refractivity contribution in [1.29, 1.82) is 0 Å². The summed E-state index contributed by atoms with van der Waals surface area (Å²) in [6.45, 7) is 2.13. The molecule has 11 aromatic rings. The average Bonchev–Trinajstić information content (AvgIpc) is 4.02. The lowest BCUT2D eigenvalue weighted by atomic mass is 9.85. The molecule has 2 heteroatoms. The second-order valence-corrected chi connectivity index (χ2v) is 17.3. The first-order chi connectivity index (χ1) is 30.0. The van der Waals surface area contributed by atoms with Crippen molar-refractivity contribution in [3.05, 3.63) is 181 Å². The number of fused-ring (bicyclic) bond motifs is 18. The number of hydrogen-bond donors (Lipinski definition) is 0. The van der Waals surface area contributed by atoms with Gasteiger partial charge in [0.1, 0.15) is 0 Å². The Balaban J connectivity index is 1.08. The fourth-order valence-corrected chi connectivity index (χ4v) is 11.9. The zero-order valence-corrected chi connectivity index (χ0v) is 32.8. The van der Waals surface area contributed by atoms with E-state index in [-0.39, 0.29) is 0 Å². The molecule has 0 amide bonds. The monoisotopic (exact) mass is 776 g/mol. The minimum absolute atomic E-state index is 0.741. The van der Waals surface area contributed by atoms with Gasteiger partial charge in [-0.3, -0.25) is 0 Å². The van der Waals surface area contributed by atoms with E-state index in [1.807, 2.05) is 0 Å². The van der Waals surface area contributed by atoms with Crippen LogP contribution in [0.2, 0.25) is 0 Å². The number of halogens is 2. The third kappa shape index (κ3) is 3.82. The van der Waals surface area contributed by atoms with Gasteiger partial charge in [-0.25, -0.2) is 8.78 Å². The molecule has 0 saturated heterocycles. The number of rotatable bonds is 2. The topological polar surface area (TPSA) is 0 Å². The van der Waals surface area contributed by atoms with E-state index >= 15 is 8.78 Å². The summed E-state index contributed by atoms with van der Waals surface area (Å²) in [6, 6.07) is 58.6. The van der Waals surface area contributed by atoms with E-state index in [1.54, 1.807) is 0 Å². The first-order valence-electron chi connectivity index (χ1n) is 21.1. The Morgan fingerprint density at radius 1 is 0.262 bits per heavy atom. The van der Waals surface area contributed by atoms with Crippen LogP contribution >= 0.6 is 0 Å². The lowest BCUT2D eigenvalue weighted by molar-refractivity contribution is 0.509. The lowest BCUT2D eigenvalue weighted by Crippen LogP contribution is -1.91. The molecule has 0 aromatic heterocycles. The molecule has 4 aliphatic carbocycles. The molecule has 280 valence electrons. The lowest BCUT2D eigenvalue weighted by Gasteiger charge is -2.17. The fraction of sp³-hybridized carbons (Fsp3) is 0.0169. The van der Waals surface area contributed by atoms with Crippen LogP contribution in [0.15, 0.2) is 164 Å². The Kier molecular flexibility index (Phi) is 5.77. The maximum absolute atomic E-state index is 15.6. The molecule has 0 N–H and O–H groups in total. The van der Waals surface area contributed by atoms with Gasteiger partial charge in [0.2, 0.25) is 0 Å². The van der Waals surface area contributed by atoms with Gasteiger partial charge in [0, 0.05) is 0 Å². The van der Waals surface area contributed by atoms with Gasteiger partial charge in [0.05, 0.1) is 0 Å². The Morgan fingerprint density at radius 3 is 1.43 bits per heavy atom. The third-order valence-corrected chi connectivity index (χ3v) is 14.4. The van der Waals surface area contributed by atoms with Crippen molar-refractivity contribution in [2.45, 2.75) is 6.92 Å². The third-order valence-electron chi connectivity index (χ3n) is 14.4. The molecule has 0 nitrogen and oxygen atoms in total. The van der Waals surface area contributed by atoms with Crippen LogP contribution in [0.4, 0.5) is 8.78 Å². The molecular weight excluding hydrogens is 747 g/mol. The Bertz CT molecular complexity index is 3940. The molecule has 0 bridgehead atoms. The maximum Gasteiger partial charge on any atom is 0.159 e. The standard InChI is InChI=1S/C59H30F2/c1-29-14-16-30(17-15-29)31-18-20-40-44(24-31)41-23-22-39-33-8-2-4-10-35(33)52-42-21-19-32(25-45(42)53(40)57(41)56(39)52)43-26-46-34-9-3-5-11-36(34)51-37-12-6-7-13-38(37)54-47-27-49(60)50(61)28-48(47)55(43)59(54)58(46)51/h2-28H,1H3. The van der Waals surface area contributed by atoms with Crippen LogP contribution in [0.5, 0.6) is 0 Å². The highest BCUT2D eigenvalue weighted by molar-refractivity contribution is 6.38. The van der Waals surface area contributed by atoms with Gasteiger partial charge < -0.3 is 0 Å². The highest BCUT2D eigenvalue weighted by Crippen LogP contribution is 2.64. The average molecular weight is 777 g/mol. The predicted molar refractivity (Wildman–Crippen MR) is 250 cm³/mol. The first kappa shape index (κ1) is 32.2. The van der Waals surface area contributed by atoms with Crippen molar-refractivity contribution in [2.75, 3.05) is 0 Å². The quantitative estimate of drug-likeness (QED) is 0.153. The molecule has 0 spiro atoms. The van der Waals surface area contributed by atoms with Crippen molar-refractivity contribution in [2.24, 2.45) is 0 Å². The number of hydrogen-bond acceptors (Lipinski definition) is 0. The predicted octanol–water partition coefficient (Wildman–Crippen LogP) is 16.8. The summed E-state index contributed by atoms with van der Waals surface area (Å²) in [4.78, 5) is 0. The van der Waals surface area contributed by atoms with E-state index in [2.05, 4.69) is 159 Å². The fourth-order valence-electron chi connectivity index (χ4n) is 11.9. The van der Waals surface area contributed by atoms with Gasteiger partial charge in [-0.1, -0.05) is 139 Å². The minimum atomic E-state index is -0.831. The molecule has 0 heterocycles. The molecular formula is C59H30F2. The maximum atomic E-state index is 15.6. The van der Waals surface area contributed by atoms with Gasteiger partial charge in [-0.05, 0) is 192 Å². The van der Waals surface area contributed by atoms with E-state index in [1.165, 1.54) is 112 Å². The van der Waals surface area contributed by atoms with E-state index < -0.39 is 11.6 Å². The molecule has 15 rings (SSSR count). The summed E-state index contributed by atoms with van der Waals surface area (Å²) in [5.74, 6) is -1.66. The van der Waals surface area contributed by atoms with Crippen molar-refractivity contribution in [1.82, 2.24) is 0 Å². The van der Waals surface area contributed by atoms with Gasteiger partial charge >= 0.3 is 0 Å². The summed E-state index contributed by atoms with van der Waals surface area (Å²) < 4.78 is 31.1. The Hall–Kier alpha value is -7.68. The summed E-state index contributed by atoms with van der Waals surface area (Å²) in [7, 11) is 0. The molecule has 11 aromatic carbocycles. The van der Waals surface area contributed by atoms with E-state index in [0.717, 1.165) is 60.5 Å². The SMILES string of the molecule is Cc1ccc(-c2ccc3c(c2)-c2ccc4c5c(c6ccc(-c7cc8c9c(c%10ccccc%10c%10c9c7-c7cc(F)c(F)cc7-%10)-c7ccccc7-8)cc6c-3c25)-c2ccccc2-4)cc1. The van der Waals surface area contributed by atoms with E-state index in [4.69, 9.17) is 0 Å². The number of benzene rings is 11. The Labute approximate surface area is 349 Å². The van der Waals surface area contributed by atoms with Gasteiger partial charge in [-0.15, -0.1) is 0 Å². The van der Waals surface area contributed by atoms with Crippen molar-refractivity contribution < 1.29 is 8.78 Å². The molecule has 0 fully saturated rings. The normalized spacial score (nSPS) is 12.8. The molecule has 0 aliphatic heterocycles. The van der Waals surface area contributed by atoms with Crippen LogP contribution in [-0.2, 0) is 0 Å². The largest absolute Gasteiger partial charge is 0.204 e. The van der Waals surface area contributed by atoms with Crippen molar-refractivity contribution >= 4 is 43.1 Å². The van der Waals surface area contributed by atoms with Crippen LogP contribution in [0.25, 0.3) is 154 Å². The van der Waals surface area contributed by atoms with Gasteiger partial charge in [0.25, 0.3) is 0 Å². The summed E-state index contributed by atoms with van der Waals surface area (Å²) in [5, 5.41) is 9.48. The molecule has 0 unspecified atom stereocenters. The molecule has 61 heavy (non-hydrogen) atoms. The van der Waals surface area contributed by atoms with Gasteiger partial charge in [0.15, 0.2) is 11.6 Å². The van der Waals surface area contributed by atoms with Crippen LogP contribution in [-0.4, -0.2) is 0 Å². The Morgan fingerprint density at radius 2 is 0.738 bits per heavy atom. The number of aryl methyl sites for hydroxylation is 1. The van der Waals surface area contributed by atoms with Crippen molar-refractivity contribution in [3.8, 4) is 111 Å². The molecule has 0 atom stereocenters. The van der Waals surface area contributed by atoms with Crippen LogP contribution in [0, 0.1) is 18.6 Å². The molecule has 4 aliphatic rings. The van der Waals surface area contributed by atoms with Crippen LogP contribution in [0.3, 0.4) is 0 Å². The highest BCUT2D eigenvalue weighted by atomic mass is 19.2. The van der Waals surface area contributed by atoms with Gasteiger partial charge in [-0.2, -0.15) is 0 Å². The van der Waals surface area contributed by atoms with Crippen molar-refractivity contribution in [3.63, 3.8) is 0 Å². The smallest absolute Gasteiger partial charge is 0.159 e. The molecule has 0 saturated carbocycles. The summed E-state index contributed by atoms with van der Waals surface area (Å²) in [5.41, 5.74) is 24.1.